The lowest BCUT2D eigenvalue weighted by molar-refractivity contribution is -0.00000533. The standard InChI is InChI=1S/C17H20FNO.ClH/c1-2-20-17-5-3-4-15(12-17)13-19-11-10-14-6-8-16(18)9-7-14;/h3-9,12,19H,2,10-11,13H2,1H3;1H/p-1. The van der Waals surface area contributed by atoms with Gasteiger partial charge in [-0.2, -0.15) is 0 Å². The monoisotopic (exact) mass is 308 g/mol. The van der Waals surface area contributed by atoms with Gasteiger partial charge in [-0.25, -0.2) is 4.39 Å². The topological polar surface area (TPSA) is 21.3 Å². The van der Waals surface area contributed by atoms with Crippen molar-refractivity contribution in [3.8, 4) is 5.75 Å². The second-order valence-corrected chi connectivity index (χ2v) is 4.63. The zero-order chi connectivity index (χ0) is 14.2. The van der Waals surface area contributed by atoms with Crippen LogP contribution in [0.15, 0.2) is 48.5 Å². The Hall–Kier alpha value is -1.58. The van der Waals surface area contributed by atoms with Gasteiger partial charge in [0.1, 0.15) is 11.6 Å². The molecule has 4 heteroatoms. The van der Waals surface area contributed by atoms with E-state index in [1.807, 2.05) is 37.3 Å². The van der Waals surface area contributed by atoms with Gasteiger partial charge in [-0.1, -0.05) is 24.3 Å². The third-order valence-corrected chi connectivity index (χ3v) is 3.04. The van der Waals surface area contributed by atoms with Crippen LogP contribution in [0.25, 0.3) is 0 Å². The van der Waals surface area contributed by atoms with Crippen molar-refractivity contribution in [3.63, 3.8) is 0 Å². The molecule has 0 atom stereocenters. The Morgan fingerprint density at radius 3 is 2.52 bits per heavy atom. The Morgan fingerprint density at radius 1 is 1.05 bits per heavy atom. The molecule has 0 aromatic heterocycles. The fourth-order valence-electron chi connectivity index (χ4n) is 2.03. The summed E-state index contributed by atoms with van der Waals surface area (Å²) in [5, 5.41) is 3.38. The molecule has 0 radical (unpaired) electrons. The third kappa shape index (κ3) is 6.15. The molecule has 0 saturated carbocycles. The van der Waals surface area contributed by atoms with E-state index in [2.05, 4.69) is 11.4 Å². The van der Waals surface area contributed by atoms with E-state index in [-0.39, 0.29) is 18.2 Å². The minimum atomic E-state index is -0.186. The van der Waals surface area contributed by atoms with Crippen molar-refractivity contribution in [3.05, 3.63) is 65.5 Å². The second-order valence-electron chi connectivity index (χ2n) is 4.63. The highest BCUT2D eigenvalue weighted by atomic mass is 35.5. The SMILES string of the molecule is CCOc1cccc(CNCCc2ccc(F)cc2)c1.[Cl-]. The van der Waals surface area contributed by atoms with E-state index in [0.717, 1.165) is 30.8 Å². The molecule has 0 amide bonds. The maximum atomic E-state index is 12.8. The van der Waals surface area contributed by atoms with Gasteiger partial charge < -0.3 is 22.5 Å². The van der Waals surface area contributed by atoms with Crippen LogP contribution in [0.5, 0.6) is 5.75 Å². The van der Waals surface area contributed by atoms with Crippen molar-refractivity contribution in [2.45, 2.75) is 19.9 Å². The van der Waals surface area contributed by atoms with Gasteiger partial charge in [0.2, 0.25) is 0 Å². The molecule has 0 aliphatic carbocycles. The number of benzene rings is 2. The first-order chi connectivity index (χ1) is 9.78. The molecule has 0 saturated heterocycles. The number of ether oxygens (including phenoxy) is 1. The van der Waals surface area contributed by atoms with Crippen molar-refractivity contribution in [2.75, 3.05) is 13.2 Å². The normalized spacial score (nSPS) is 10.0. The molecule has 0 unspecified atom stereocenters. The zero-order valence-electron chi connectivity index (χ0n) is 12.1. The molecule has 0 heterocycles. The average molecular weight is 309 g/mol. The van der Waals surface area contributed by atoms with E-state index in [1.54, 1.807) is 0 Å². The summed E-state index contributed by atoms with van der Waals surface area (Å²) in [5.41, 5.74) is 2.34. The van der Waals surface area contributed by atoms with Crippen molar-refractivity contribution < 1.29 is 21.5 Å². The molecule has 0 bridgehead atoms. The molecule has 2 nitrogen and oxygen atoms in total. The van der Waals surface area contributed by atoms with E-state index >= 15 is 0 Å². The molecular weight excluding hydrogens is 289 g/mol. The van der Waals surface area contributed by atoms with Gasteiger partial charge in [-0.15, -0.1) is 0 Å². The van der Waals surface area contributed by atoms with Crippen LogP contribution in [0.2, 0.25) is 0 Å². The molecule has 2 aromatic carbocycles. The fraction of sp³-hybridized carbons (Fsp3) is 0.294. The Labute approximate surface area is 131 Å². The summed E-state index contributed by atoms with van der Waals surface area (Å²) in [5.74, 6) is 0.722. The molecule has 0 fully saturated rings. The highest BCUT2D eigenvalue weighted by Gasteiger charge is 1.97. The Kier molecular flexibility index (Phi) is 7.80. The van der Waals surface area contributed by atoms with Gasteiger partial charge in [0.25, 0.3) is 0 Å². The molecular formula is C17H20ClFNO-. The highest BCUT2D eigenvalue weighted by molar-refractivity contribution is 5.28. The van der Waals surface area contributed by atoms with Crippen LogP contribution in [0, 0.1) is 5.82 Å². The summed E-state index contributed by atoms with van der Waals surface area (Å²) in [7, 11) is 0. The molecule has 0 aliphatic heterocycles. The van der Waals surface area contributed by atoms with Gasteiger partial charge in [0.05, 0.1) is 6.61 Å². The van der Waals surface area contributed by atoms with Gasteiger partial charge in [-0.3, -0.25) is 0 Å². The molecule has 2 aromatic rings. The molecule has 0 spiro atoms. The van der Waals surface area contributed by atoms with E-state index in [0.29, 0.717) is 6.61 Å². The summed E-state index contributed by atoms with van der Waals surface area (Å²) >= 11 is 0. The second kappa shape index (κ2) is 9.37. The van der Waals surface area contributed by atoms with Crippen LogP contribution >= 0.6 is 0 Å². The quantitative estimate of drug-likeness (QED) is 0.755. The van der Waals surface area contributed by atoms with Gasteiger partial charge in [-0.05, 0) is 55.3 Å². The van der Waals surface area contributed by atoms with Gasteiger partial charge in [0.15, 0.2) is 0 Å². The maximum absolute atomic E-state index is 12.8. The largest absolute Gasteiger partial charge is 1.00 e. The van der Waals surface area contributed by atoms with Crippen molar-refractivity contribution in [1.29, 1.82) is 0 Å². The zero-order valence-corrected chi connectivity index (χ0v) is 12.9. The van der Waals surface area contributed by atoms with Crippen LogP contribution in [0.3, 0.4) is 0 Å². The Balaban J connectivity index is 0.00000220. The van der Waals surface area contributed by atoms with Crippen molar-refractivity contribution in [1.82, 2.24) is 5.32 Å². The van der Waals surface area contributed by atoms with Crippen LogP contribution in [0.4, 0.5) is 4.39 Å². The first-order valence-electron chi connectivity index (χ1n) is 6.95. The number of rotatable bonds is 7. The van der Waals surface area contributed by atoms with Crippen molar-refractivity contribution in [2.24, 2.45) is 0 Å². The first-order valence-corrected chi connectivity index (χ1v) is 6.95. The van der Waals surface area contributed by atoms with E-state index < -0.39 is 0 Å². The minimum Gasteiger partial charge on any atom is -1.00 e. The number of hydrogen-bond acceptors (Lipinski definition) is 2. The molecule has 0 aliphatic rings. The highest BCUT2D eigenvalue weighted by Crippen LogP contribution is 2.13. The fourth-order valence-corrected chi connectivity index (χ4v) is 2.03. The van der Waals surface area contributed by atoms with Crippen molar-refractivity contribution >= 4 is 0 Å². The van der Waals surface area contributed by atoms with Gasteiger partial charge >= 0.3 is 0 Å². The molecule has 1 N–H and O–H groups in total. The number of hydrogen-bond donors (Lipinski definition) is 1. The Bertz CT molecular complexity index is 531. The van der Waals surface area contributed by atoms with Crippen LogP contribution in [-0.4, -0.2) is 13.2 Å². The van der Waals surface area contributed by atoms with E-state index in [1.165, 1.54) is 17.7 Å². The molecule has 21 heavy (non-hydrogen) atoms. The first kappa shape index (κ1) is 17.5. The summed E-state index contributed by atoms with van der Waals surface area (Å²) in [6.45, 7) is 4.33. The minimum absolute atomic E-state index is 0. The van der Waals surface area contributed by atoms with Gasteiger partial charge in [0, 0.05) is 6.54 Å². The number of halogens is 2. The predicted octanol–water partition coefficient (Wildman–Crippen LogP) is 0.561. The maximum Gasteiger partial charge on any atom is 0.123 e. The summed E-state index contributed by atoms with van der Waals surface area (Å²) in [4.78, 5) is 0. The lowest BCUT2D eigenvalue weighted by atomic mass is 10.1. The van der Waals surface area contributed by atoms with Crippen LogP contribution < -0.4 is 22.5 Å². The average Bonchev–Trinajstić information content (AvgIpc) is 2.46. The molecule has 2 rings (SSSR count). The number of nitrogens with one attached hydrogen (secondary N) is 1. The molecule has 114 valence electrons. The van der Waals surface area contributed by atoms with E-state index in [4.69, 9.17) is 4.74 Å². The smallest absolute Gasteiger partial charge is 0.123 e. The summed E-state index contributed by atoms with van der Waals surface area (Å²) in [6.07, 6.45) is 0.894. The lowest BCUT2D eigenvalue weighted by Gasteiger charge is -2.08. The summed E-state index contributed by atoms with van der Waals surface area (Å²) in [6, 6.07) is 14.7. The Morgan fingerprint density at radius 2 is 1.81 bits per heavy atom. The van der Waals surface area contributed by atoms with E-state index in [9.17, 15) is 4.39 Å². The lowest BCUT2D eigenvalue weighted by Crippen LogP contribution is -3.00. The van der Waals surface area contributed by atoms with Crippen LogP contribution in [0.1, 0.15) is 18.1 Å². The third-order valence-electron chi connectivity index (χ3n) is 3.04. The predicted molar refractivity (Wildman–Crippen MR) is 79.4 cm³/mol. The van der Waals surface area contributed by atoms with Crippen LogP contribution in [-0.2, 0) is 13.0 Å². The summed E-state index contributed by atoms with van der Waals surface area (Å²) < 4.78 is 18.2.